The van der Waals surface area contributed by atoms with Crippen LogP contribution in [0, 0.1) is 0 Å². The van der Waals surface area contributed by atoms with Gasteiger partial charge in [-0.15, -0.1) is 0 Å². The van der Waals surface area contributed by atoms with Crippen LogP contribution in [0.2, 0.25) is 0 Å². The molecule has 0 spiro atoms. The fraction of sp³-hybridized carbons (Fsp3) is 0.222. The van der Waals surface area contributed by atoms with Gasteiger partial charge in [0.15, 0.2) is 0 Å². The average molecular weight is 241 g/mol. The molecule has 0 saturated heterocycles. The van der Waals surface area contributed by atoms with E-state index in [9.17, 15) is 0 Å². The van der Waals surface area contributed by atoms with Crippen molar-refractivity contribution in [1.29, 1.82) is 0 Å². The lowest BCUT2D eigenvalue weighted by molar-refractivity contribution is 0.392. The molecule has 2 N–H and O–H groups in total. The first-order chi connectivity index (χ1) is 6.31. The smallest absolute Gasteiger partial charge is 0.145 e. The lowest BCUT2D eigenvalue weighted by Crippen LogP contribution is -2.01. The number of halogens is 1. The highest BCUT2D eigenvalue weighted by molar-refractivity contribution is 9.10. The second-order valence-corrected chi connectivity index (χ2v) is 3.72. The number of nitrogens with two attached hydrogens (primary N) is 1. The number of fused-ring (bicyclic) bond motifs is 1. The highest BCUT2D eigenvalue weighted by Crippen LogP contribution is 2.22. The topological polar surface area (TPSA) is 52.0 Å². The van der Waals surface area contributed by atoms with Crippen LogP contribution in [0.25, 0.3) is 10.9 Å². The van der Waals surface area contributed by atoms with E-state index in [1.165, 1.54) is 0 Å². The fourth-order valence-corrected chi connectivity index (χ4v) is 1.63. The van der Waals surface area contributed by atoms with Crippen LogP contribution >= 0.6 is 15.9 Å². The van der Waals surface area contributed by atoms with Crippen molar-refractivity contribution in [3.8, 4) is 0 Å². The van der Waals surface area contributed by atoms with E-state index in [0.29, 0.717) is 6.54 Å². The van der Waals surface area contributed by atoms with Gasteiger partial charge in [0.2, 0.25) is 0 Å². The number of rotatable bonds is 2. The normalized spacial score (nSPS) is 10.9. The Kier molecular flexibility index (Phi) is 2.33. The predicted octanol–water partition coefficient (Wildman–Crippen LogP) is 2.09. The van der Waals surface area contributed by atoms with Gasteiger partial charge in [0, 0.05) is 16.3 Å². The molecule has 1 aromatic carbocycles. The maximum Gasteiger partial charge on any atom is 0.145 e. The molecule has 0 aliphatic carbocycles. The molecule has 0 aliphatic rings. The summed E-state index contributed by atoms with van der Waals surface area (Å²) >= 11 is 3.37. The second-order valence-electron chi connectivity index (χ2n) is 2.81. The number of hydrogen-bond donors (Lipinski definition) is 1. The molecule has 0 radical (unpaired) electrons. The van der Waals surface area contributed by atoms with Crippen molar-refractivity contribution in [2.75, 3.05) is 6.54 Å². The Balaban J connectivity index is 2.55. The Bertz CT molecular complexity index is 424. The van der Waals surface area contributed by atoms with E-state index < -0.39 is 0 Å². The first kappa shape index (κ1) is 8.72. The van der Waals surface area contributed by atoms with Gasteiger partial charge in [-0.05, 0) is 24.7 Å². The fourth-order valence-electron chi connectivity index (χ4n) is 1.28. The van der Waals surface area contributed by atoms with E-state index in [2.05, 4.69) is 21.1 Å². The van der Waals surface area contributed by atoms with E-state index in [1.807, 2.05) is 18.2 Å². The Morgan fingerprint density at radius 1 is 1.46 bits per heavy atom. The van der Waals surface area contributed by atoms with Gasteiger partial charge in [-0.1, -0.05) is 21.1 Å². The van der Waals surface area contributed by atoms with E-state index >= 15 is 0 Å². The molecule has 0 aliphatic heterocycles. The summed E-state index contributed by atoms with van der Waals surface area (Å²) in [6.07, 6.45) is 0.734. The molecule has 0 bridgehead atoms. The van der Waals surface area contributed by atoms with Crippen LogP contribution in [0.4, 0.5) is 0 Å². The van der Waals surface area contributed by atoms with Crippen LogP contribution in [0.3, 0.4) is 0 Å². The van der Waals surface area contributed by atoms with E-state index in [0.717, 1.165) is 27.6 Å². The highest BCUT2D eigenvalue weighted by atomic mass is 79.9. The summed E-state index contributed by atoms with van der Waals surface area (Å²) in [5, 5.41) is 4.99. The maximum atomic E-state index is 5.44. The van der Waals surface area contributed by atoms with E-state index in [4.69, 9.17) is 10.3 Å². The van der Waals surface area contributed by atoms with Crippen LogP contribution in [0.1, 0.15) is 5.76 Å². The Morgan fingerprint density at radius 3 is 3.08 bits per heavy atom. The standard InChI is InChI=1S/C9H9BrN2O/c10-6-1-2-7-8(5-6)12-13-9(7)3-4-11/h1-2,5H,3-4,11H2. The summed E-state index contributed by atoms with van der Waals surface area (Å²) in [7, 11) is 0. The van der Waals surface area contributed by atoms with Crippen molar-refractivity contribution in [2.45, 2.75) is 6.42 Å². The Labute approximate surface area is 84.0 Å². The molecule has 0 atom stereocenters. The summed E-state index contributed by atoms with van der Waals surface area (Å²) in [4.78, 5) is 0. The minimum atomic E-state index is 0.584. The summed E-state index contributed by atoms with van der Waals surface area (Å²) in [5.41, 5.74) is 6.32. The van der Waals surface area contributed by atoms with Crippen LogP contribution in [-0.2, 0) is 6.42 Å². The monoisotopic (exact) mass is 240 g/mol. The summed E-state index contributed by atoms with van der Waals surface area (Å²) in [6.45, 7) is 0.584. The SMILES string of the molecule is NCCc1onc2cc(Br)ccc12. The van der Waals surface area contributed by atoms with Crippen molar-refractivity contribution in [3.63, 3.8) is 0 Å². The minimum absolute atomic E-state index is 0.584. The Hall–Kier alpha value is -0.870. The van der Waals surface area contributed by atoms with Gasteiger partial charge in [-0.2, -0.15) is 0 Å². The predicted molar refractivity (Wildman–Crippen MR) is 54.5 cm³/mol. The van der Waals surface area contributed by atoms with Crippen molar-refractivity contribution in [3.05, 3.63) is 28.4 Å². The summed E-state index contributed by atoms with van der Waals surface area (Å²) in [6, 6.07) is 5.89. The van der Waals surface area contributed by atoms with Crippen LogP contribution in [0.15, 0.2) is 27.2 Å². The van der Waals surface area contributed by atoms with Gasteiger partial charge in [0.25, 0.3) is 0 Å². The molecule has 0 fully saturated rings. The summed E-state index contributed by atoms with van der Waals surface area (Å²) in [5.74, 6) is 0.866. The molecule has 2 rings (SSSR count). The molecule has 2 aromatic rings. The second kappa shape index (κ2) is 3.47. The van der Waals surface area contributed by atoms with Crippen molar-refractivity contribution in [1.82, 2.24) is 5.16 Å². The zero-order chi connectivity index (χ0) is 9.26. The van der Waals surface area contributed by atoms with Gasteiger partial charge in [-0.3, -0.25) is 0 Å². The zero-order valence-corrected chi connectivity index (χ0v) is 8.54. The van der Waals surface area contributed by atoms with Crippen LogP contribution in [-0.4, -0.2) is 11.7 Å². The summed E-state index contributed by atoms with van der Waals surface area (Å²) < 4.78 is 6.17. The van der Waals surface area contributed by atoms with Gasteiger partial charge < -0.3 is 10.3 Å². The number of hydrogen-bond acceptors (Lipinski definition) is 3. The van der Waals surface area contributed by atoms with Crippen LogP contribution in [0.5, 0.6) is 0 Å². The molecule has 68 valence electrons. The molecule has 3 nitrogen and oxygen atoms in total. The molecule has 1 aromatic heterocycles. The van der Waals surface area contributed by atoms with Crippen molar-refractivity contribution >= 4 is 26.8 Å². The van der Waals surface area contributed by atoms with Crippen molar-refractivity contribution < 1.29 is 4.52 Å². The van der Waals surface area contributed by atoms with Crippen LogP contribution < -0.4 is 5.73 Å². The van der Waals surface area contributed by atoms with Crippen molar-refractivity contribution in [2.24, 2.45) is 5.73 Å². The van der Waals surface area contributed by atoms with Gasteiger partial charge in [0.1, 0.15) is 11.3 Å². The number of aromatic nitrogens is 1. The quantitative estimate of drug-likeness (QED) is 0.875. The minimum Gasteiger partial charge on any atom is -0.360 e. The molecule has 0 unspecified atom stereocenters. The number of benzene rings is 1. The molecular weight excluding hydrogens is 232 g/mol. The molecular formula is C9H9BrN2O. The lowest BCUT2D eigenvalue weighted by Gasteiger charge is -1.91. The molecule has 4 heteroatoms. The third-order valence-electron chi connectivity index (χ3n) is 1.89. The first-order valence-corrected chi connectivity index (χ1v) is 4.84. The maximum absolute atomic E-state index is 5.44. The number of nitrogens with zero attached hydrogens (tertiary/aromatic N) is 1. The average Bonchev–Trinajstić information content (AvgIpc) is 2.49. The molecule has 13 heavy (non-hydrogen) atoms. The van der Waals surface area contributed by atoms with Gasteiger partial charge in [0.05, 0.1) is 0 Å². The molecule has 0 saturated carbocycles. The highest BCUT2D eigenvalue weighted by Gasteiger charge is 2.06. The third-order valence-corrected chi connectivity index (χ3v) is 2.38. The lowest BCUT2D eigenvalue weighted by atomic mass is 10.2. The third kappa shape index (κ3) is 1.59. The largest absolute Gasteiger partial charge is 0.360 e. The van der Waals surface area contributed by atoms with E-state index in [-0.39, 0.29) is 0 Å². The van der Waals surface area contributed by atoms with Gasteiger partial charge >= 0.3 is 0 Å². The first-order valence-electron chi connectivity index (χ1n) is 4.05. The Morgan fingerprint density at radius 2 is 2.31 bits per heavy atom. The van der Waals surface area contributed by atoms with Gasteiger partial charge in [-0.25, -0.2) is 0 Å². The van der Waals surface area contributed by atoms with E-state index in [1.54, 1.807) is 0 Å². The zero-order valence-electron chi connectivity index (χ0n) is 6.96. The molecule has 1 heterocycles. The molecule has 0 amide bonds.